The summed E-state index contributed by atoms with van der Waals surface area (Å²) >= 11 is 0. The number of carboxylic acids is 1. The number of amides is 1. The minimum Gasteiger partial charge on any atom is -0.480 e. The van der Waals surface area contributed by atoms with E-state index >= 15 is 0 Å². The molecule has 0 bridgehead atoms. The topological polar surface area (TPSA) is 69.6 Å². The molecule has 5 nitrogen and oxygen atoms in total. The molecule has 2 N–H and O–H groups in total. The predicted octanol–water partition coefficient (Wildman–Crippen LogP) is 0.840. The van der Waals surface area contributed by atoms with Crippen LogP contribution in [0.15, 0.2) is 0 Å². The average Bonchev–Trinajstić information content (AvgIpc) is 2.38. The number of carbonyl (C=O) groups excluding carboxylic acids is 1. The monoisotopic (exact) mass is 254 g/mol. The molecule has 3 unspecified atom stereocenters. The zero-order chi connectivity index (χ0) is 13.1. The van der Waals surface area contributed by atoms with Crippen LogP contribution in [0.1, 0.15) is 39.0 Å². The highest BCUT2D eigenvalue weighted by atomic mass is 16.4. The third-order valence-corrected chi connectivity index (χ3v) is 4.31. The van der Waals surface area contributed by atoms with Crippen molar-refractivity contribution in [3.63, 3.8) is 0 Å². The van der Waals surface area contributed by atoms with Crippen LogP contribution in [0.4, 0.5) is 0 Å². The molecule has 1 saturated heterocycles. The fourth-order valence-corrected chi connectivity index (χ4v) is 3.21. The first-order valence-electron chi connectivity index (χ1n) is 6.87. The van der Waals surface area contributed by atoms with Gasteiger partial charge < -0.3 is 10.4 Å². The van der Waals surface area contributed by atoms with E-state index in [1.807, 2.05) is 4.90 Å². The van der Waals surface area contributed by atoms with Crippen molar-refractivity contribution >= 4 is 11.9 Å². The number of carboxylic acid groups (broad SMARTS) is 1. The Morgan fingerprint density at radius 2 is 2.28 bits per heavy atom. The normalized spacial score (nSPS) is 34.1. The smallest absolute Gasteiger partial charge is 0.322 e. The van der Waals surface area contributed by atoms with Crippen molar-refractivity contribution in [2.24, 2.45) is 5.92 Å². The van der Waals surface area contributed by atoms with Crippen LogP contribution in [-0.4, -0.2) is 47.1 Å². The minimum atomic E-state index is -0.825. The molecule has 3 atom stereocenters. The van der Waals surface area contributed by atoms with Crippen molar-refractivity contribution in [1.82, 2.24) is 10.2 Å². The number of piperazine rings is 1. The van der Waals surface area contributed by atoms with Gasteiger partial charge in [0, 0.05) is 12.6 Å². The third kappa shape index (κ3) is 2.83. The summed E-state index contributed by atoms with van der Waals surface area (Å²) in [5.74, 6) is -0.192. The van der Waals surface area contributed by atoms with E-state index in [0.29, 0.717) is 5.92 Å². The van der Waals surface area contributed by atoms with E-state index in [1.165, 1.54) is 6.42 Å². The van der Waals surface area contributed by atoms with E-state index < -0.39 is 12.0 Å². The number of nitrogens with zero attached hydrogens (tertiary/aromatic N) is 1. The van der Waals surface area contributed by atoms with Crippen molar-refractivity contribution in [2.75, 3.05) is 13.1 Å². The Morgan fingerprint density at radius 3 is 2.94 bits per heavy atom. The fraction of sp³-hybridized carbons (Fsp3) is 0.846. The van der Waals surface area contributed by atoms with Crippen LogP contribution in [0.2, 0.25) is 0 Å². The Hall–Kier alpha value is -1.10. The zero-order valence-electron chi connectivity index (χ0n) is 10.9. The van der Waals surface area contributed by atoms with E-state index in [-0.39, 0.29) is 25.0 Å². The highest BCUT2D eigenvalue weighted by molar-refractivity contribution is 5.83. The summed E-state index contributed by atoms with van der Waals surface area (Å²) in [5, 5.41) is 11.9. The van der Waals surface area contributed by atoms with E-state index in [1.54, 1.807) is 0 Å². The van der Waals surface area contributed by atoms with E-state index in [9.17, 15) is 14.7 Å². The second-order valence-corrected chi connectivity index (χ2v) is 5.43. The molecule has 2 rings (SSSR count). The van der Waals surface area contributed by atoms with Crippen LogP contribution >= 0.6 is 0 Å². The summed E-state index contributed by atoms with van der Waals surface area (Å²) in [6.07, 6.45) is 5.59. The average molecular weight is 254 g/mol. The lowest BCUT2D eigenvalue weighted by Gasteiger charge is -2.42. The quantitative estimate of drug-likeness (QED) is 0.783. The van der Waals surface area contributed by atoms with Crippen LogP contribution in [0.5, 0.6) is 0 Å². The lowest BCUT2D eigenvalue weighted by molar-refractivity contribution is -0.148. The summed E-state index contributed by atoms with van der Waals surface area (Å²) in [4.78, 5) is 24.7. The summed E-state index contributed by atoms with van der Waals surface area (Å²) in [7, 11) is 0. The summed E-state index contributed by atoms with van der Waals surface area (Å²) in [5.41, 5.74) is 0. The number of rotatable bonds is 3. The molecule has 1 heterocycles. The Bertz CT molecular complexity index is 332. The Balaban J connectivity index is 2.07. The number of carbonyl (C=O) groups is 2. The van der Waals surface area contributed by atoms with E-state index in [2.05, 4.69) is 12.2 Å². The van der Waals surface area contributed by atoms with Gasteiger partial charge in [-0.1, -0.05) is 26.2 Å². The lowest BCUT2D eigenvalue weighted by Crippen LogP contribution is -2.61. The predicted molar refractivity (Wildman–Crippen MR) is 67.2 cm³/mol. The second-order valence-electron chi connectivity index (χ2n) is 5.43. The fourth-order valence-electron chi connectivity index (χ4n) is 3.21. The van der Waals surface area contributed by atoms with Crippen LogP contribution in [0.3, 0.4) is 0 Å². The molecule has 0 radical (unpaired) electrons. The van der Waals surface area contributed by atoms with Gasteiger partial charge in [0.2, 0.25) is 5.91 Å². The molecule has 102 valence electrons. The highest BCUT2D eigenvalue weighted by Gasteiger charge is 2.37. The molecular formula is C13H22N2O3. The van der Waals surface area contributed by atoms with Gasteiger partial charge in [-0.3, -0.25) is 14.5 Å². The molecule has 0 aromatic carbocycles. The maximum atomic E-state index is 11.5. The number of nitrogens with one attached hydrogen (secondary N) is 1. The van der Waals surface area contributed by atoms with Gasteiger partial charge in [-0.15, -0.1) is 0 Å². The van der Waals surface area contributed by atoms with Crippen LogP contribution in [0, 0.1) is 5.92 Å². The molecule has 2 fully saturated rings. The van der Waals surface area contributed by atoms with Crippen molar-refractivity contribution in [3.05, 3.63) is 0 Å². The van der Waals surface area contributed by atoms with Gasteiger partial charge in [0.1, 0.15) is 6.04 Å². The Morgan fingerprint density at radius 1 is 1.50 bits per heavy atom. The second kappa shape index (κ2) is 5.69. The van der Waals surface area contributed by atoms with Gasteiger partial charge in [0.15, 0.2) is 0 Å². The maximum absolute atomic E-state index is 11.5. The van der Waals surface area contributed by atoms with Crippen molar-refractivity contribution in [3.8, 4) is 0 Å². The highest BCUT2D eigenvalue weighted by Crippen LogP contribution is 2.31. The standard InChI is InChI=1S/C13H22N2O3/c1-2-9-4-3-5-10(6-9)15-8-12(16)14-7-11(15)13(17)18/h9-11H,2-8H2,1H3,(H,14,16)(H,17,18). The number of aliphatic carboxylic acids is 1. The summed E-state index contributed by atoms with van der Waals surface area (Å²) in [6.45, 7) is 2.66. The van der Waals surface area contributed by atoms with Crippen molar-refractivity contribution in [1.29, 1.82) is 0 Å². The molecule has 0 aromatic rings. The largest absolute Gasteiger partial charge is 0.480 e. The number of hydrogen-bond acceptors (Lipinski definition) is 3. The first kappa shape index (κ1) is 13.3. The molecule has 0 spiro atoms. The molecule has 0 aromatic heterocycles. The Labute approximate surface area is 108 Å². The first-order valence-corrected chi connectivity index (χ1v) is 6.87. The van der Waals surface area contributed by atoms with Gasteiger partial charge in [-0.2, -0.15) is 0 Å². The van der Waals surface area contributed by atoms with Crippen LogP contribution < -0.4 is 5.32 Å². The minimum absolute atomic E-state index is 0.0499. The third-order valence-electron chi connectivity index (χ3n) is 4.31. The molecule has 5 heteroatoms. The SMILES string of the molecule is CCC1CCCC(N2CC(=O)NCC2C(=O)O)C1. The van der Waals surface area contributed by atoms with Crippen molar-refractivity contribution in [2.45, 2.75) is 51.1 Å². The van der Waals surface area contributed by atoms with Crippen LogP contribution in [0.25, 0.3) is 0 Å². The van der Waals surface area contributed by atoms with Gasteiger partial charge in [-0.05, 0) is 18.8 Å². The maximum Gasteiger partial charge on any atom is 0.322 e. The van der Waals surface area contributed by atoms with E-state index in [4.69, 9.17) is 0 Å². The molecule has 18 heavy (non-hydrogen) atoms. The molecule has 1 amide bonds. The summed E-state index contributed by atoms with van der Waals surface area (Å²) < 4.78 is 0. The van der Waals surface area contributed by atoms with E-state index in [0.717, 1.165) is 25.7 Å². The van der Waals surface area contributed by atoms with Crippen molar-refractivity contribution < 1.29 is 14.7 Å². The van der Waals surface area contributed by atoms with Gasteiger partial charge in [0.05, 0.1) is 6.54 Å². The van der Waals surface area contributed by atoms with Gasteiger partial charge >= 0.3 is 5.97 Å². The zero-order valence-corrected chi connectivity index (χ0v) is 10.9. The molecule has 2 aliphatic rings. The lowest BCUT2D eigenvalue weighted by atomic mass is 9.83. The molecule has 1 saturated carbocycles. The first-order chi connectivity index (χ1) is 8.61. The number of hydrogen-bond donors (Lipinski definition) is 2. The van der Waals surface area contributed by atoms with Gasteiger partial charge in [0.25, 0.3) is 0 Å². The molecule has 1 aliphatic heterocycles. The summed E-state index contributed by atoms with van der Waals surface area (Å²) in [6, 6.07) is -0.292. The van der Waals surface area contributed by atoms with Gasteiger partial charge in [-0.25, -0.2) is 0 Å². The Kier molecular flexibility index (Phi) is 4.22. The molecular weight excluding hydrogens is 232 g/mol. The molecule has 1 aliphatic carbocycles. The van der Waals surface area contributed by atoms with Crippen LogP contribution in [-0.2, 0) is 9.59 Å².